The lowest BCUT2D eigenvalue weighted by molar-refractivity contribution is 0.287. The van der Waals surface area contributed by atoms with Gasteiger partial charge in [-0.15, -0.1) is 0 Å². The van der Waals surface area contributed by atoms with E-state index in [1.54, 1.807) is 0 Å². The molecule has 1 fully saturated rings. The quantitative estimate of drug-likeness (QED) is 0.716. The molecule has 3 nitrogen and oxygen atoms in total. The minimum absolute atomic E-state index is 0.526. The summed E-state index contributed by atoms with van der Waals surface area (Å²) in [5.41, 5.74) is 0.947. The van der Waals surface area contributed by atoms with Crippen molar-refractivity contribution in [2.24, 2.45) is 5.92 Å². The molecule has 0 N–H and O–H groups in total. The van der Waals surface area contributed by atoms with Gasteiger partial charge < -0.3 is 4.74 Å². The highest BCUT2D eigenvalue weighted by Crippen LogP contribution is 2.32. The number of rotatable bonds is 6. The second-order valence-electron chi connectivity index (χ2n) is 4.28. The third kappa shape index (κ3) is 3.08. The monoisotopic (exact) mass is 240 g/mol. The summed E-state index contributed by atoms with van der Waals surface area (Å²) in [7, 11) is 0. The molecule has 0 radical (unpaired) electrons. The molecule has 1 aliphatic carbocycles. The normalized spacial score (nSPS) is 15.1. The molecule has 2 rings (SSSR count). The summed E-state index contributed by atoms with van der Waals surface area (Å²) in [6.07, 6.45) is 7.21. The van der Waals surface area contributed by atoms with Crippen molar-refractivity contribution in [3.05, 3.63) is 17.0 Å². The average Bonchev–Trinajstić information content (AvgIpc) is 3.07. The van der Waals surface area contributed by atoms with Gasteiger partial charge >= 0.3 is 0 Å². The van der Waals surface area contributed by atoms with Gasteiger partial charge in [0.1, 0.15) is 11.5 Å². The van der Waals surface area contributed by atoms with Crippen LogP contribution >= 0.6 is 11.6 Å². The van der Waals surface area contributed by atoms with Crippen LogP contribution in [0.25, 0.3) is 0 Å². The van der Waals surface area contributed by atoms with Gasteiger partial charge in [0, 0.05) is 0 Å². The van der Waals surface area contributed by atoms with E-state index in [2.05, 4.69) is 16.9 Å². The molecule has 16 heavy (non-hydrogen) atoms. The predicted octanol–water partition coefficient (Wildman–Crippen LogP) is 3.26. The lowest BCUT2D eigenvalue weighted by Gasteiger charge is -2.09. The predicted molar refractivity (Wildman–Crippen MR) is 63.9 cm³/mol. The van der Waals surface area contributed by atoms with E-state index in [1.807, 2.05) is 0 Å². The van der Waals surface area contributed by atoms with Crippen LogP contribution in [0.5, 0.6) is 5.88 Å². The fourth-order valence-electron chi connectivity index (χ4n) is 1.69. The lowest BCUT2D eigenvalue weighted by atomic mass is 10.2. The van der Waals surface area contributed by atoms with Gasteiger partial charge in [0.2, 0.25) is 5.88 Å². The van der Waals surface area contributed by atoms with Crippen molar-refractivity contribution in [1.82, 2.24) is 9.97 Å². The van der Waals surface area contributed by atoms with Gasteiger partial charge in [-0.2, -0.15) is 0 Å². The highest BCUT2D eigenvalue weighted by molar-refractivity contribution is 6.30. The standard InChI is InChI=1S/C12H17ClN2O/c1-2-3-10-11(13)14-8-15-12(10)16-7-6-9-4-5-9/h8-9H,2-7H2,1H3. The first-order valence-corrected chi connectivity index (χ1v) is 6.31. The molecule has 0 bridgehead atoms. The van der Waals surface area contributed by atoms with Crippen molar-refractivity contribution >= 4 is 11.6 Å². The molecule has 0 saturated heterocycles. The van der Waals surface area contributed by atoms with Crippen molar-refractivity contribution in [3.63, 3.8) is 0 Å². The topological polar surface area (TPSA) is 35.0 Å². The lowest BCUT2D eigenvalue weighted by Crippen LogP contribution is -2.04. The maximum absolute atomic E-state index is 6.03. The Morgan fingerprint density at radius 1 is 1.44 bits per heavy atom. The Kier molecular flexibility index (Phi) is 3.99. The molecule has 1 saturated carbocycles. The number of hydrogen-bond donors (Lipinski definition) is 0. The summed E-state index contributed by atoms with van der Waals surface area (Å²) in [5.74, 6) is 1.55. The van der Waals surface area contributed by atoms with E-state index in [4.69, 9.17) is 16.3 Å². The fourth-order valence-corrected chi connectivity index (χ4v) is 1.91. The Balaban J connectivity index is 1.96. The Hall–Kier alpha value is -0.830. The first kappa shape index (κ1) is 11.6. The Morgan fingerprint density at radius 3 is 2.94 bits per heavy atom. The number of halogens is 1. The number of nitrogens with zero attached hydrogens (tertiary/aromatic N) is 2. The van der Waals surface area contributed by atoms with E-state index in [9.17, 15) is 0 Å². The van der Waals surface area contributed by atoms with E-state index >= 15 is 0 Å². The van der Waals surface area contributed by atoms with Gasteiger partial charge in [-0.3, -0.25) is 0 Å². The summed E-state index contributed by atoms with van der Waals surface area (Å²) < 4.78 is 5.69. The highest BCUT2D eigenvalue weighted by atomic mass is 35.5. The van der Waals surface area contributed by atoms with Crippen LogP contribution in [-0.2, 0) is 6.42 Å². The van der Waals surface area contributed by atoms with Crippen LogP contribution in [0, 0.1) is 5.92 Å². The van der Waals surface area contributed by atoms with Crippen LogP contribution in [0.4, 0.5) is 0 Å². The van der Waals surface area contributed by atoms with Crippen molar-refractivity contribution in [3.8, 4) is 5.88 Å². The van der Waals surface area contributed by atoms with E-state index < -0.39 is 0 Å². The second kappa shape index (κ2) is 5.48. The first-order valence-electron chi connectivity index (χ1n) is 5.93. The molecule has 0 unspecified atom stereocenters. The fraction of sp³-hybridized carbons (Fsp3) is 0.667. The van der Waals surface area contributed by atoms with Crippen LogP contribution in [0.2, 0.25) is 5.15 Å². The molecule has 4 heteroatoms. The van der Waals surface area contributed by atoms with Crippen molar-refractivity contribution in [2.45, 2.75) is 39.0 Å². The van der Waals surface area contributed by atoms with E-state index in [-0.39, 0.29) is 0 Å². The third-order valence-corrected chi connectivity index (χ3v) is 3.14. The van der Waals surface area contributed by atoms with Gasteiger partial charge in [0.25, 0.3) is 0 Å². The van der Waals surface area contributed by atoms with E-state index in [1.165, 1.54) is 19.2 Å². The summed E-state index contributed by atoms with van der Waals surface area (Å²) in [4.78, 5) is 8.15. The molecule has 1 aromatic rings. The van der Waals surface area contributed by atoms with Gasteiger partial charge in [0.05, 0.1) is 12.2 Å². The first-order chi connectivity index (χ1) is 7.81. The highest BCUT2D eigenvalue weighted by Gasteiger charge is 2.21. The molecule has 1 heterocycles. The maximum Gasteiger partial charge on any atom is 0.221 e. The number of ether oxygens (including phenoxy) is 1. The molecule has 0 aliphatic heterocycles. The molecule has 0 spiro atoms. The van der Waals surface area contributed by atoms with Gasteiger partial charge in [-0.25, -0.2) is 9.97 Å². The molecule has 0 atom stereocenters. The van der Waals surface area contributed by atoms with Crippen LogP contribution < -0.4 is 4.74 Å². The van der Waals surface area contributed by atoms with Gasteiger partial charge in [-0.1, -0.05) is 37.8 Å². The van der Waals surface area contributed by atoms with Crippen LogP contribution in [0.3, 0.4) is 0 Å². The molecule has 88 valence electrons. The molecule has 1 aliphatic rings. The molecule has 0 aromatic carbocycles. The average molecular weight is 241 g/mol. The van der Waals surface area contributed by atoms with E-state index in [0.717, 1.165) is 37.4 Å². The zero-order valence-electron chi connectivity index (χ0n) is 9.58. The third-order valence-electron chi connectivity index (χ3n) is 2.82. The Morgan fingerprint density at radius 2 is 2.25 bits per heavy atom. The van der Waals surface area contributed by atoms with Crippen molar-refractivity contribution < 1.29 is 4.74 Å². The summed E-state index contributed by atoms with van der Waals surface area (Å²) in [5, 5.41) is 0.526. The summed E-state index contributed by atoms with van der Waals surface area (Å²) in [6.45, 7) is 2.85. The largest absolute Gasteiger partial charge is 0.477 e. The zero-order valence-corrected chi connectivity index (χ0v) is 10.3. The smallest absolute Gasteiger partial charge is 0.221 e. The van der Waals surface area contributed by atoms with Crippen molar-refractivity contribution in [1.29, 1.82) is 0 Å². The zero-order chi connectivity index (χ0) is 11.4. The summed E-state index contributed by atoms with van der Waals surface area (Å²) >= 11 is 6.03. The number of hydrogen-bond acceptors (Lipinski definition) is 3. The van der Waals surface area contributed by atoms with Gasteiger partial charge in [0.15, 0.2) is 0 Å². The van der Waals surface area contributed by atoms with Crippen LogP contribution in [0.15, 0.2) is 6.33 Å². The Bertz CT molecular complexity index is 353. The molecular weight excluding hydrogens is 224 g/mol. The molecule has 1 aromatic heterocycles. The molecule has 0 amide bonds. The summed E-state index contributed by atoms with van der Waals surface area (Å²) in [6, 6.07) is 0. The minimum atomic E-state index is 0.526. The van der Waals surface area contributed by atoms with Gasteiger partial charge in [-0.05, 0) is 18.8 Å². The van der Waals surface area contributed by atoms with E-state index in [0.29, 0.717) is 11.0 Å². The molecular formula is C12H17ClN2O. The van der Waals surface area contributed by atoms with Crippen LogP contribution in [-0.4, -0.2) is 16.6 Å². The SMILES string of the molecule is CCCc1c(Cl)ncnc1OCCC1CC1. The number of aromatic nitrogens is 2. The second-order valence-corrected chi connectivity index (χ2v) is 4.64. The maximum atomic E-state index is 6.03. The minimum Gasteiger partial charge on any atom is -0.477 e. The Labute approximate surface area is 101 Å². The van der Waals surface area contributed by atoms with Crippen molar-refractivity contribution in [2.75, 3.05) is 6.61 Å². The van der Waals surface area contributed by atoms with Crippen LogP contribution in [0.1, 0.15) is 38.2 Å².